The molecular weight excluding hydrogens is 406 g/mol. The van der Waals surface area contributed by atoms with Gasteiger partial charge < -0.3 is 14.8 Å². The molecule has 8 heteroatoms. The van der Waals surface area contributed by atoms with E-state index < -0.39 is 6.04 Å². The van der Waals surface area contributed by atoms with Gasteiger partial charge in [0.1, 0.15) is 11.8 Å². The number of ether oxygens (including phenoxy) is 2. The third kappa shape index (κ3) is 4.80. The average Bonchev–Trinajstić information content (AvgIpc) is 3.27. The maximum atomic E-state index is 12.9. The molecule has 0 saturated carbocycles. The summed E-state index contributed by atoms with van der Waals surface area (Å²) in [6.07, 6.45) is 2.61. The number of allylic oxidation sites excluding steroid dienone is 1. The van der Waals surface area contributed by atoms with Gasteiger partial charge in [0, 0.05) is 12.1 Å². The van der Waals surface area contributed by atoms with Crippen LogP contribution in [-0.2, 0) is 16.0 Å². The normalized spacial score (nSPS) is 15.1. The Balaban J connectivity index is 1.51. The summed E-state index contributed by atoms with van der Waals surface area (Å²) < 4.78 is 13.0. The molecule has 0 radical (unpaired) electrons. The van der Waals surface area contributed by atoms with Crippen molar-refractivity contribution in [2.45, 2.75) is 39.2 Å². The van der Waals surface area contributed by atoms with Crippen molar-refractivity contribution >= 4 is 11.9 Å². The van der Waals surface area contributed by atoms with Gasteiger partial charge in [0.2, 0.25) is 5.95 Å². The van der Waals surface area contributed by atoms with Crippen LogP contribution in [0.2, 0.25) is 0 Å². The first-order valence-electron chi connectivity index (χ1n) is 10.9. The van der Waals surface area contributed by atoms with E-state index in [1.54, 1.807) is 4.68 Å². The molecule has 32 heavy (non-hydrogen) atoms. The average molecular weight is 434 g/mol. The fourth-order valence-corrected chi connectivity index (χ4v) is 3.65. The van der Waals surface area contributed by atoms with Gasteiger partial charge in [-0.2, -0.15) is 4.68 Å². The number of fused-ring (bicyclic) bond motifs is 1. The number of aromatic nitrogens is 4. The molecule has 166 valence electrons. The van der Waals surface area contributed by atoms with Crippen LogP contribution in [-0.4, -0.2) is 39.4 Å². The van der Waals surface area contributed by atoms with Gasteiger partial charge in [0.25, 0.3) is 0 Å². The van der Waals surface area contributed by atoms with Crippen LogP contribution in [0.15, 0.2) is 65.9 Å². The second-order valence-corrected chi connectivity index (χ2v) is 7.66. The minimum Gasteiger partial charge on any atom is -0.493 e. The first-order chi connectivity index (χ1) is 15.7. The van der Waals surface area contributed by atoms with E-state index >= 15 is 0 Å². The maximum absolute atomic E-state index is 12.9. The number of nitrogens with one attached hydrogen (secondary N) is 1. The van der Waals surface area contributed by atoms with Gasteiger partial charge in [0.05, 0.1) is 18.8 Å². The lowest BCUT2D eigenvalue weighted by molar-refractivity contribution is -0.139. The highest BCUT2D eigenvalue weighted by atomic mass is 16.5. The smallest absolute Gasteiger partial charge is 0.338 e. The van der Waals surface area contributed by atoms with E-state index in [1.165, 1.54) is 5.56 Å². The standard InChI is InChI=1S/C24H27N5O3/c1-3-4-15-32-23(30)21-17(2)25-24-26-27-28-29(24)22(21)19-10-12-20(13-11-19)31-16-14-18-8-6-5-7-9-18/h5-13,22H,3-4,14-16H2,1-2H3,(H,25,26,28). The second-order valence-electron chi connectivity index (χ2n) is 7.66. The van der Waals surface area contributed by atoms with Crippen molar-refractivity contribution in [2.75, 3.05) is 18.5 Å². The predicted molar refractivity (Wildman–Crippen MR) is 120 cm³/mol. The lowest BCUT2D eigenvalue weighted by Crippen LogP contribution is -2.29. The number of unbranched alkanes of at least 4 members (excludes halogenated alkanes) is 1. The molecular formula is C24H27N5O3. The lowest BCUT2D eigenvalue weighted by atomic mass is 9.96. The number of esters is 1. The largest absolute Gasteiger partial charge is 0.493 e. The van der Waals surface area contributed by atoms with Crippen LogP contribution in [0.3, 0.4) is 0 Å². The Kier molecular flexibility index (Phi) is 6.79. The van der Waals surface area contributed by atoms with Crippen molar-refractivity contribution in [3.05, 3.63) is 77.0 Å². The molecule has 1 unspecified atom stereocenters. The zero-order valence-corrected chi connectivity index (χ0v) is 18.3. The SMILES string of the molecule is CCCCOC(=O)C1=C(C)Nc2nnnn2C1c1ccc(OCCc2ccccc2)cc1. The highest BCUT2D eigenvalue weighted by molar-refractivity contribution is 5.92. The van der Waals surface area contributed by atoms with Crippen LogP contribution >= 0.6 is 0 Å². The molecule has 1 aromatic heterocycles. The highest BCUT2D eigenvalue weighted by Gasteiger charge is 2.34. The zero-order chi connectivity index (χ0) is 22.3. The lowest BCUT2D eigenvalue weighted by Gasteiger charge is -2.27. The van der Waals surface area contributed by atoms with E-state index in [0.29, 0.717) is 30.4 Å². The van der Waals surface area contributed by atoms with Gasteiger partial charge in [-0.3, -0.25) is 0 Å². The molecule has 3 aromatic rings. The second kappa shape index (κ2) is 10.1. The quantitative estimate of drug-likeness (QED) is 0.404. The van der Waals surface area contributed by atoms with E-state index in [-0.39, 0.29) is 5.97 Å². The molecule has 1 N–H and O–H groups in total. The van der Waals surface area contributed by atoms with Crippen molar-refractivity contribution in [3.63, 3.8) is 0 Å². The highest BCUT2D eigenvalue weighted by Crippen LogP contribution is 2.35. The third-order valence-electron chi connectivity index (χ3n) is 5.36. The Morgan fingerprint density at radius 2 is 1.88 bits per heavy atom. The molecule has 1 aliphatic heterocycles. The van der Waals surface area contributed by atoms with Crippen molar-refractivity contribution in [1.29, 1.82) is 0 Å². The monoisotopic (exact) mass is 433 g/mol. The van der Waals surface area contributed by atoms with Crippen LogP contribution in [0.25, 0.3) is 0 Å². The fourth-order valence-electron chi connectivity index (χ4n) is 3.65. The summed E-state index contributed by atoms with van der Waals surface area (Å²) in [6.45, 7) is 4.86. The van der Waals surface area contributed by atoms with Crippen molar-refractivity contribution in [3.8, 4) is 5.75 Å². The third-order valence-corrected chi connectivity index (χ3v) is 5.36. The molecule has 2 heterocycles. The number of hydrogen-bond acceptors (Lipinski definition) is 7. The summed E-state index contributed by atoms with van der Waals surface area (Å²) >= 11 is 0. The predicted octanol–water partition coefficient (Wildman–Crippen LogP) is 3.93. The number of rotatable bonds is 9. The fraction of sp³-hybridized carbons (Fsp3) is 0.333. The van der Waals surface area contributed by atoms with E-state index in [0.717, 1.165) is 30.6 Å². The molecule has 0 fully saturated rings. The van der Waals surface area contributed by atoms with E-state index in [4.69, 9.17) is 9.47 Å². The van der Waals surface area contributed by atoms with Crippen molar-refractivity contribution in [1.82, 2.24) is 20.2 Å². The first-order valence-corrected chi connectivity index (χ1v) is 10.9. The van der Waals surface area contributed by atoms with Gasteiger partial charge in [-0.15, -0.1) is 0 Å². The summed E-state index contributed by atoms with van der Waals surface area (Å²) in [5.74, 6) is 0.891. The minimum absolute atomic E-state index is 0.363. The van der Waals surface area contributed by atoms with Gasteiger partial charge in [-0.25, -0.2) is 4.79 Å². The van der Waals surface area contributed by atoms with Gasteiger partial charge in [0.15, 0.2) is 0 Å². The van der Waals surface area contributed by atoms with Gasteiger partial charge >= 0.3 is 5.97 Å². The number of carbonyl (C=O) groups is 1. The summed E-state index contributed by atoms with van der Waals surface area (Å²) in [6, 6.07) is 17.4. The molecule has 0 amide bonds. The van der Waals surface area contributed by atoms with Crippen LogP contribution in [0.4, 0.5) is 5.95 Å². The zero-order valence-electron chi connectivity index (χ0n) is 18.3. The molecule has 4 rings (SSSR count). The molecule has 2 aromatic carbocycles. The summed E-state index contributed by atoms with van der Waals surface area (Å²) in [5, 5.41) is 15.0. The Morgan fingerprint density at radius 3 is 2.62 bits per heavy atom. The van der Waals surface area contributed by atoms with Crippen molar-refractivity contribution < 1.29 is 14.3 Å². The molecule has 0 aliphatic carbocycles. The number of hydrogen-bond donors (Lipinski definition) is 1. The molecule has 0 spiro atoms. The van der Waals surface area contributed by atoms with Crippen LogP contribution in [0.1, 0.15) is 43.9 Å². The van der Waals surface area contributed by atoms with Gasteiger partial charge in [-0.05, 0) is 47.0 Å². The molecule has 1 aliphatic rings. The number of tetrazole rings is 1. The summed E-state index contributed by atoms with van der Waals surface area (Å²) in [7, 11) is 0. The van der Waals surface area contributed by atoms with Crippen LogP contribution in [0.5, 0.6) is 5.75 Å². The minimum atomic E-state index is -0.478. The van der Waals surface area contributed by atoms with Crippen LogP contribution in [0, 0.1) is 0 Å². The number of carbonyl (C=O) groups excluding carboxylic acids is 1. The summed E-state index contributed by atoms with van der Waals surface area (Å²) in [5.41, 5.74) is 3.29. The van der Waals surface area contributed by atoms with Crippen molar-refractivity contribution in [2.24, 2.45) is 0 Å². The number of benzene rings is 2. The Morgan fingerprint density at radius 1 is 1.09 bits per heavy atom. The van der Waals surface area contributed by atoms with E-state index in [1.807, 2.05) is 49.4 Å². The topological polar surface area (TPSA) is 91.2 Å². The number of nitrogens with zero attached hydrogens (tertiary/aromatic N) is 4. The molecule has 0 saturated heterocycles. The first kappa shape index (κ1) is 21.5. The van der Waals surface area contributed by atoms with E-state index in [9.17, 15) is 4.79 Å². The molecule has 8 nitrogen and oxygen atoms in total. The Hall–Kier alpha value is -3.68. The molecule has 1 atom stereocenters. The molecule has 0 bridgehead atoms. The maximum Gasteiger partial charge on any atom is 0.338 e. The van der Waals surface area contributed by atoms with Gasteiger partial charge in [-0.1, -0.05) is 60.9 Å². The van der Waals surface area contributed by atoms with Crippen LogP contribution < -0.4 is 10.1 Å². The Labute approximate surface area is 187 Å². The Bertz CT molecular complexity index is 1080. The van der Waals surface area contributed by atoms with E-state index in [2.05, 4.69) is 39.9 Å². The summed E-state index contributed by atoms with van der Waals surface area (Å²) in [4.78, 5) is 12.9. The number of anilines is 1.